The average molecular weight is 551 g/mol. The van der Waals surface area contributed by atoms with Gasteiger partial charge in [-0.05, 0) is 58.3 Å². The fourth-order valence-electron chi connectivity index (χ4n) is 5.36. The van der Waals surface area contributed by atoms with Gasteiger partial charge in [0.05, 0.1) is 17.5 Å². The van der Waals surface area contributed by atoms with Crippen molar-refractivity contribution < 1.29 is 13.2 Å². The van der Waals surface area contributed by atoms with Crippen molar-refractivity contribution in [3.8, 4) is 0 Å². The molecule has 7 nitrogen and oxygen atoms in total. The van der Waals surface area contributed by atoms with E-state index in [2.05, 4.69) is 26.4 Å². The number of benzene rings is 3. The van der Waals surface area contributed by atoms with Crippen LogP contribution in [-0.4, -0.2) is 35.3 Å². The number of fused-ring (bicyclic) bond motifs is 2. The molecule has 0 spiro atoms. The van der Waals surface area contributed by atoms with Crippen LogP contribution in [0.4, 0.5) is 0 Å². The maximum Gasteiger partial charge on any atom is 0.241 e. The molecule has 0 radical (unpaired) electrons. The van der Waals surface area contributed by atoms with Gasteiger partial charge in [0.25, 0.3) is 0 Å². The van der Waals surface area contributed by atoms with Gasteiger partial charge in [-0.15, -0.1) is 0 Å². The normalized spacial score (nSPS) is 14.2. The first-order valence-electron chi connectivity index (χ1n) is 13.4. The Kier molecular flexibility index (Phi) is 7.19. The molecule has 40 heavy (non-hydrogen) atoms. The third-order valence-corrected chi connectivity index (χ3v) is 8.97. The zero-order chi connectivity index (χ0) is 27.5. The molecule has 1 unspecified atom stereocenters. The van der Waals surface area contributed by atoms with Gasteiger partial charge in [0.2, 0.25) is 15.9 Å². The summed E-state index contributed by atoms with van der Waals surface area (Å²) in [5, 5.41) is 1.81. The van der Waals surface area contributed by atoms with E-state index in [0.717, 1.165) is 28.5 Å². The number of hydrogen-bond acceptors (Lipinski definition) is 4. The Morgan fingerprint density at radius 2 is 1.60 bits per heavy atom. The van der Waals surface area contributed by atoms with Crippen LogP contribution < -0.4 is 4.72 Å². The summed E-state index contributed by atoms with van der Waals surface area (Å²) in [6.45, 7) is 1.77. The molecule has 1 atom stereocenters. The number of aromatic nitrogens is 2. The lowest BCUT2D eigenvalue weighted by molar-refractivity contribution is -0.133. The molecule has 0 saturated carbocycles. The Balaban J connectivity index is 1.19. The number of sulfonamides is 1. The van der Waals surface area contributed by atoms with Crippen LogP contribution in [0.1, 0.15) is 35.0 Å². The maximum absolute atomic E-state index is 13.6. The second kappa shape index (κ2) is 11.1. The Morgan fingerprint density at radius 3 is 2.40 bits per heavy atom. The van der Waals surface area contributed by atoms with Gasteiger partial charge in [0.15, 0.2) is 0 Å². The van der Waals surface area contributed by atoms with Gasteiger partial charge in [0.1, 0.15) is 0 Å². The number of carbonyl (C=O) groups is 1. The van der Waals surface area contributed by atoms with Gasteiger partial charge in [0, 0.05) is 49.7 Å². The average Bonchev–Trinajstić information content (AvgIpc) is 3.39. The van der Waals surface area contributed by atoms with Crippen molar-refractivity contribution in [2.45, 2.75) is 36.9 Å². The van der Waals surface area contributed by atoms with Crippen molar-refractivity contribution in [1.29, 1.82) is 0 Å². The van der Waals surface area contributed by atoms with Gasteiger partial charge in [-0.2, -0.15) is 0 Å². The quantitative estimate of drug-likeness (QED) is 0.292. The number of nitrogens with zero attached hydrogens (tertiary/aromatic N) is 3. The molecule has 0 aliphatic carbocycles. The van der Waals surface area contributed by atoms with E-state index in [1.807, 2.05) is 71.6 Å². The standard InChI is InChI=1S/C32H30N4O3S/c37-32(35-18-19-36-28(11-12-29(36)23-35)20-24-14-16-33-17-15-24)22-31(26-7-2-1-3-8-26)34-40(38,39)30-13-10-25-6-4-5-9-27(25)21-30/h1-17,21,31,34H,18-20,22-23H2. The molecular weight excluding hydrogens is 520 g/mol. The second-order valence-corrected chi connectivity index (χ2v) is 11.8. The second-order valence-electron chi connectivity index (χ2n) is 10.1. The smallest absolute Gasteiger partial charge is 0.241 e. The monoisotopic (exact) mass is 550 g/mol. The van der Waals surface area contributed by atoms with Crippen molar-refractivity contribution in [2.75, 3.05) is 6.54 Å². The molecule has 5 aromatic rings. The van der Waals surface area contributed by atoms with Gasteiger partial charge in [-0.3, -0.25) is 9.78 Å². The minimum atomic E-state index is -3.88. The number of amides is 1. The van der Waals surface area contributed by atoms with E-state index in [0.29, 0.717) is 19.6 Å². The Bertz CT molecular complexity index is 1750. The molecule has 2 aromatic heterocycles. The van der Waals surface area contributed by atoms with Crippen LogP contribution >= 0.6 is 0 Å². The summed E-state index contributed by atoms with van der Waals surface area (Å²) in [6, 6.07) is 29.6. The highest BCUT2D eigenvalue weighted by atomic mass is 32.2. The van der Waals surface area contributed by atoms with E-state index in [4.69, 9.17) is 0 Å². The van der Waals surface area contributed by atoms with E-state index < -0.39 is 16.1 Å². The molecule has 202 valence electrons. The van der Waals surface area contributed by atoms with Gasteiger partial charge >= 0.3 is 0 Å². The molecule has 0 saturated heterocycles. The molecule has 6 rings (SSSR count). The molecule has 1 N–H and O–H groups in total. The van der Waals surface area contributed by atoms with Crippen molar-refractivity contribution in [2.24, 2.45) is 0 Å². The summed E-state index contributed by atoms with van der Waals surface area (Å²) in [5.41, 5.74) is 4.23. The van der Waals surface area contributed by atoms with Gasteiger partial charge in [-0.1, -0.05) is 60.7 Å². The summed E-state index contributed by atoms with van der Waals surface area (Å²) in [6.07, 6.45) is 4.44. The van der Waals surface area contributed by atoms with Crippen LogP contribution in [0.5, 0.6) is 0 Å². The summed E-state index contributed by atoms with van der Waals surface area (Å²) in [4.78, 5) is 19.7. The van der Waals surface area contributed by atoms with Crippen LogP contribution in [-0.2, 0) is 34.3 Å². The first-order chi connectivity index (χ1) is 19.5. The first-order valence-corrected chi connectivity index (χ1v) is 14.8. The summed E-state index contributed by atoms with van der Waals surface area (Å²) in [7, 11) is -3.88. The van der Waals surface area contributed by atoms with Crippen molar-refractivity contribution >= 4 is 26.7 Å². The third-order valence-electron chi connectivity index (χ3n) is 7.50. The predicted octanol–water partition coefficient (Wildman–Crippen LogP) is 5.08. The SMILES string of the molecule is O=C(CC(NS(=O)(=O)c1ccc2ccccc2c1)c1ccccc1)N1CCn2c(Cc3ccncc3)ccc2C1. The van der Waals surface area contributed by atoms with Crippen molar-refractivity contribution in [3.05, 3.63) is 132 Å². The molecule has 1 aliphatic rings. The predicted molar refractivity (Wildman–Crippen MR) is 155 cm³/mol. The van der Waals surface area contributed by atoms with Crippen LogP contribution in [0, 0.1) is 0 Å². The molecule has 0 bridgehead atoms. The van der Waals surface area contributed by atoms with Crippen LogP contribution in [0.15, 0.2) is 114 Å². The molecule has 1 amide bonds. The van der Waals surface area contributed by atoms with Gasteiger partial charge in [-0.25, -0.2) is 13.1 Å². The van der Waals surface area contributed by atoms with E-state index >= 15 is 0 Å². The number of carbonyl (C=O) groups excluding carboxylic acids is 1. The molecule has 3 aromatic carbocycles. The summed E-state index contributed by atoms with van der Waals surface area (Å²) < 4.78 is 32.1. The third kappa shape index (κ3) is 5.54. The van der Waals surface area contributed by atoms with E-state index in [-0.39, 0.29) is 17.2 Å². The Labute approximate surface area is 234 Å². The van der Waals surface area contributed by atoms with Crippen LogP contribution in [0.2, 0.25) is 0 Å². The Morgan fingerprint density at radius 1 is 0.850 bits per heavy atom. The highest BCUT2D eigenvalue weighted by Crippen LogP contribution is 2.26. The molecule has 1 aliphatic heterocycles. The summed E-state index contributed by atoms with van der Waals surface area (Å²) in [5.74, 6) is -0.0850. The highest BCUT2D eigenvalue weighted by molar-refractivity contribution is 7.89. The lowest BCUT2D eigenvalue weighted by Crippen LogP contribution is -2.40. The minimum absolute atomic E-state index is 0.0292. The number of hydrogen-bond donors (Lipinski definition) is 1. The van der Waals surface area contributed by atoms with E-state index in [1.54, 1.807) is 30.6 Å². The molecule has 3 heterocycles. The lowest BCUT2D eigenvalue weighted by Gasteiger charge is -2.31. The van der Waals surface area contributed by atoms with Crippen LogP contribution in [0.25, 0.3) is 10.8 Å². The fourth-order valence-corrected chi connectivity index (χ4v) is 6.62. The van der Waals surface area contributed by atoms with Crippen molar-refractivity contribution in [3.63, 3.8) is 0 Å². The largest absolute Gasteiger partial charge is 0.345 e. The molecule has 0 fully saturated rings. The maximum atomic E-state index is 13.6. The molecule has 8 heteroatoms. The highest BCUT2D eigenvalue weighted by Gasteiger charge is 2.28. The van der Waals surface area contributed by atoms with Crippen LogP contribution in [0.3, 0.4) is 0 Å². The summed E-state index contributed by atoms with van der Waals surface area (Å²) >= 11 is 0. The zero-order valence-corrected chi connectivity index (χ0v) is 22.8. The zero-order valence-electron chi connectivity index (χ0n) is 22.0. The number of rotatable bonds is 8. The number of nitrogens with one attached hydrogen (secondary N) is 1. The fraction of sp³-hybridized carbons (Fsp3) is 0.188. The topological polar surface area (TPSA) is 84.3 Å². The number of pyridine rings is 1. The Hall–Kier alpha value is -4.27. The van der Waals surface area contributed by atoms with E-state index in [1.165, 1.54) is 11.3 Å². The minimum Gasteiger partial charge on any atom is -0.345 e. The van der Waals surface area contributed by atoms with E-state index in [9.17, 15) is 13.2 Å². The molecular formula is C32H30N4O3S. The lowest BCUT2D eigenvalue weighted by atomic mass is 10.0. The van der Waals surface area contributed by atoms with Gasteiger partial charge < -0.3 is 9.47 Å². The van der Waals surface area contributed by atoms with Crippen molar-refractivity contribution in [1.82, 2.24) is 19.2 Å². The first kappa shape index (κ1) is 26.0.